The second-order valence-corrected chi connectivity index (χ2v) is 6.52. The van der Waals surface area contributed by atoms with Crippen LogP contribution in [-0.4, -0.2) is 60.0 Å². The Kier molecular flexibility index (Phi) is 4.69. The first-order valence-electron chi connectivity index (χ1n) is 8.13. The quantitative estimate of drug-likeness (QED) is 0.667. The number of alkyl halides is 4. The monoisotopic (exact) mass is 375 g/mol. The van der Waals surface area contributed by atoms with Gasteiger partial charge in [0.1, 0.15) is 17.6 Å². The van der Waals surface area contributed by atoms with E-state index in [1.807, 2.05) is 11.9 Å². The van der Waals surface area contributed by atoms with Crippen LogP contribution in [0.1, 0.15) is 18.0 Å². The molecular weight excluding hydrogens is 354 g/mol. The molecule has 7 nitrogen and oxygen atoms in total. The Bertz CT molecular complexity index is 726. The van der Waals surface area contributed by atoms with Gasteiger partial charge in [0.15, 0.2) is 0 Å². The summed E-state index contributed by atoms with van der Waals surface area (Å²) in [5.41, 5.74) is 5.54. The summed E-state index contributed by atoms with van der Waals surface area (Å²) in [6.07, 6.45) is -1.39. The molecule has 0 saturated carbocycles. The fraction of sp³-hybridized carbons (Fsp3) is 0.600. The van der Waals surface area contributed by atoms with E-state index in [4.69, 9.17) is 5.73 Å². The van der Waals surface area contributed by atoms with Gasteiger partial charge in [-0.05, 0) is 13.5 Å². The normalized spacial score (nSPS) is 30.4. The van der Waals surface area contributed by atoms with Crippen LogP contribution in [0.2, 0.25) is 0 Å². The van der Waals surface area contributed by atoms with Crippen molar-refractivity contribution in [2.24, 2.45) is 10.7 Å². The SMILES string of the molecule is CNC1=NC(N)(c2cnn([C@@H]3CCN(C)C[C@H]3F)c2)NC=C1C(F)(F)F. The zero-order valence-corrected chi connectivity index (χ0v) is 14.4. The van der Waals surface area contributed by atoms with Crippen molar-refractivity contribution in [1.82, 2.24) is 25.3 Å². The van der Waals surface area contributed by atoms with Gasteiger partial charge in [-0.25, -0.2) is 9.38 Å². The number of hydrogen-bond acceptors (Lipinski definition) is 6. The maximum Gasteiger partial charge on any atom is 0.421 e. The molecule has 4 N–H and O–H groups in total. The number of amidine groups is 1. The van der Waals surface area contributed by atoms with Gasteiger partial charge in [-0.15, -0.1) is 0 Å². The fourth-order valence-corrected chi connectivity index (χ4v) is 3.13. The van der Waals surface area contributed by atoms with Crippen molar-refractivity contribution in [3.63, 3.8) is 0 Å². The molecule has 144 valence electrons. The molecule has 2 aliphatic rings. The van der Waals surface area contributed by atoms with E-state index in [9.17, 15) is 17.6 Å². The van der Waals surface area contributed by atoms with Crippen molar-refractivity contribution < 1.29 is 17.6 Å². The summed E-state index contributed by atoms with van der Waals surface area (Å²) in [6.45, 7) is 1.03. The zero-order valence-electron chi connectivity index (χ0n) is 14.4. The lowest BCUT2D eigenvalue weighted by Crippen LogP contribution is -2.52. The third-order valence-electron chi connectivity index (χ3n) is 4.61. The molecule has 1 aromatic rings. The Balaban J connectivity index is 1.85. The minimum atomic E-state index is -4.57. The lowest BCUT2D eigenvalue weighted by atomic mass is 10.0. The fourth-order valence-electron chi connectivity index (χ4n) is 3.13. The number of piperidine rings is 1. The molecule has 0 aromatic carbocycles. The molecule has 0 amide bonds. The van der Waals surface area contributed by atoms with E-state index in [1.54, 1.807) is 0 Å². The van der Waals surface area contributed by atoms with E-state index in [0.717, 1.165) is 12.7 Å². The largest absolute Gasteiger partial charge is 0.421 e. The number of aliphatic imine (C=N–C) groups is 1. The van der Waals surface area contributed by atoms with Crippen molar-refractivity contribution in [3.05, 3.63) is 29.7 Å². The number of likely N-dealkylation sites (N-methyl/N-ethyl adjacent to an activating group) is 1. The Morgan fingerprint density at radius 2 is 2.15 bits per heavy atom. The Morgan fingerprint density at radius 1 is 1.42 bits per heavy atom. The highest BCUT2D eigenvalue weighted by Gasteiger charge is 2.42. The first kappa shape index (κ1) is 18.6. The number of likely N-dealkylation sites (tertiary alicyclic amines) is 1. The van der Waals surface area contributed by atoms with Crippen molar-refractivity contribution in [1.29, 1.82) is 0 Å². The number of hydrogen-bond donors (Lipinski definition) is 3. The van der Waals surface area contributed by atoms with Crippen LogP contribution in [0.4, 0.5) is 17.6 Å². The third-order valence-corrected chi connectivity index (χ3v) is 4.61. The molecular formula is C15H21F4N7. The van der Waals surface area contributed by atoms with Crippen LogP contribution in [0.3, 0.4) is 0 Å². The predicted octanol–water partition coefficient (Wildman–Crippen LogP) is 0.834. The summed E-state index contributed by atoms with van der Waals surface area (Å²) < 4.78 is 54.8. The number of rotatable bonds is 2. The van der Waals surface area contributed by atoms with Gasteiger partial charge in [0.25, 0.3) is 0 Å². The average Bonchev–Trinajstić information content (AvgIpc) is 3.04. The number of nitrogens with one attached hydrogen (secondary N) is 2. The Hall–Kier alpha value is -2.14. The molecule has 2 aliphatic heterocycles. The molecule has 0 aliphatic carbocycles. The highest BCUT2D eigenvalue weighted by atomic mass is 19.4. The van der Waals surface area contributed by atoms with E-state index in [1.165, 1.54) is 24.1 Å². The van der Waals surface area contributed by atoms with Crippen LogP contribution in [0, 0.1) is 0 Å². The summed E-state index contributed by atoms with van der Waals surface area (Å²) in [6, 6.07) is -0.443. The summed E-state index contributed by atoms with van der Waals surface area (Å²) in [5.74, 6) is -2.00. The van der Waals surface area contributed by atoms with E-state index < -0.39 is 29.7 Å². The first-order chi connectivity index (χ1) is 12.1. The summed E-state index contributed by atoms with van der Waals surface area (Å²) in [5, 5.41) is 9.06. The van der Waals surface area contributed by atoms with E-state index in [-0.39, 0.29) is 5.84 Å². The second kappa shape index (κ2) is 6.54. The molecule has 1 aromatic heterocycles. The molecule has 1 unspecified atom stereocenters. The van der Waals surface area contributed by atoms with Crippen LogP contribution in [0.25, 0.3) is 0 Å². The maximum atomic E-state index is 14.3. The van der Waals surface area contributed by atoms with Crippen molar-refractivity contribution in [2.75, 3.05) is 27.2 Å². The summed E-state index contributed by atoms with van der Waals surface area (Å²) in [4.78, 5) is 5.86. The van der Waals surface area contributed by atoms with Crippen LogP contribution in [0.5, 0.6) is 0 Å². The summed E-state index contributed by atoms with van der Waals surface area (Å²) in [7, 11) is 3.18. The number of nitrogens with zero attached hydrogens (tertiary/aromatic N) is 4. The second-order valence-electron chi connectivity index (χ2n) is 6.52. The minimum absolute atomic E-state index is 0.297. The van der Waals surface area contributed by atoms with Crippen LogP contribution >= 0.6 is 0 Å². The smallest absolute Gasteiger partial charge is 0.373 e. The van der Waals surface area contributed by atoms with Gasteiger partial charge in [-0.3, -0.25) is 10.4 Å². The molecule has 11 heteroatoms. The van der Waals surface area contributed by atoms with Crippen LogP contribution in [0.15, 0.2) is 29.2 Å². The number of halogens is 4. The van der Waals surface area contributed by atoms with Gasteiger partial charge in [0.05, 0.1) is 17.8 Å². The van der Waals surface area contributed by atoms with Crippen molar-refractivity contribution in [2.45, 2.75) is 30.6 Å². The van der Waals surface area contributed by atoms with Crippen LogP contribution in [-0.2, 0) is 5.79 Å². The van der Waals surface area contributed by atoms with Crippen molar-refractivity contribution in [3.8, 4) is 0 Å². The standard InChI is InChI=1S/C15H21F4N7/c1-21-13-10(14(17,18)19)6-22-15(20,24-13)9-5-23-26(7-9)12-3-4-25(2)8-11(12)16/h5-7,11-12,22H,3-4,8,20H2,1-2H3,(H,21,24)/t11-,12-,15?/m1/s1. The third kappa shape index (κ3) is 3.40. The molecule has 1 saturated heterocycles. The molecule has 0 radical (unpaired) electrons. The van der Waals surface area contributed by atoms with Gasteiger partial charge in [0.2, 0.25) is 5.79 Å². The summed E-state index contributed by atoms with van der Waals surface area (Å²) >= 11 is 0. The molecule has 3 rings (SSSR count). The predicted molar refractivity (Wildman–Crippen MR) is 87.9 cm³/mol. The zero-order chi connectivity index (χ0) is 19.1. The average molecular weight is 375 g/mol. The Labute approximate surface area is 147 Å². The van der Waals surface area contributed by atoms with Gasteiger partial charge in [-0.1, -0.05) is 0 Å². The van der Waals surface area contributed by atoms with Gasteiger partial charge < -0.3 is 15.5 Å². The molecule has 1 fully saturated rings. The van der Waals surface area contributed by atoms with E-state index in [0.29, 0.717) is 18.5 Å². The highest BCUT2D eigenvalue weighted by Crippen LogP contribution is 2.31. The molecule has 0 bridgehead atoms. The van der Waals surface area contributed by atoms with Gasteiger partial charge in [-0.2, -0.15) is 18.3 Å². The van der Waals surface area contributed by atoms with Gasteiger partial charge >= 0.3 is 6.18 Å². The van der Waals surface area contributed by atoms with E-state index in [2.05, 4.69) is 20.7 Å². The van der Waals surface area contributed by atoms with Crippen molar-refractivity contribution >= 4 is 5.84 Å². The number of aromatic nitrogens is 2. The molecule has 26 heavy (non-hydrogen) atoms. The Morgan fingerprint density at radius 3 is 2.77 bits per heavy atom. The molecule has 3 atom stereocenters. The number of nitrogens with two attached hydrogens (primary N) is 1. The van der Waals surface area contributed by atoms with Gasteiger partial charge in [0, 0.05) is 32.5 Å². The van der Waals surface area contributed by atoms with Crippen LogP contribution < -0.4 is 16.4 Å². The first-order valence-corrected chi connectivity index (χ1v) is 8.13. The molecule has 3 heterocycles. The topological polar surface area (TPSA) is 83.5 Å². The van der Waals surface area contributed by atoms with E-state index >= 15 is 0 Å². The maximum absolute atomic E-state index is 14.3. The lowest BCUT2D eigenvalue weighted by molar-refractivity contribution is -0.0872. The lowest BCUT2D eigenvalue weighted by Gasteiger charge is -2.33. The highest BCUT2D eigenvalue weighted by molar-refractivity contribution is 6.00. The molecule has 0 spiro atoms. The minimum Gasteiger partial charge on any atom is -0.373 e.